The summed E-state index contributed by atoms with van der Waals surface area (Å²) in [5.41, 5.74) is 0. The molecule has 3 atom stereocenters. The maximum absolute atomic E-state index is 13.5. The van der Waals surface area contributed by atoms with E-state index < -0.39 is 20.0 Å². The van der Waals surface area contributed by atoms with Gasteiger partial charge in [-0.15, -0.1) is 0 Å². The van der Waals surface area contributed by atoms with Crippen molar-refractivity contribution in [3.63, 3.8) is 0 Å². The predicted molar refractivity (Wildman–Crippen MR) is 355 cm³/mol. The van der Waals surface area contributed by atoms with Crippen LogP contribution in [0.1, 0.15) is 284 Å². The fourth-order valence-electron chi connectivity index (χ4n) is 9.21. The van der Waals surface area contributed by atoms with Gasteiger partial charge in [0, 0.05) is 12.8 Å². The molecule has 82 heavy (non-hydrogen) atoms. The summed E-state index contributed by atoms with van der Waals surface area (Å²) in [6, 6.07) is -0.885. The van der Waals surface area contributed by atoms with Gasteiger partial charge in [0.1, 0.15) is 19.3 Å². The van der Waals surface area contributed by atoms with Crippen molar-refractivity contribution in [1.29, 1.82) is 0 Å². The van der Waals surface area contributed by atoms with Crippen LogP contribution in [0.25, 0.3) is 0 Å². The van der Waals surface area contributed by atoms with Crippen LogP contribution in [0, 0.1) is 0 Å². The summed E-state index contributed by atoms with van der Waals surface area (Å²) >= 11 is 0. The van der Waals surface area contributed by atoms with Crippen molar-refractivity contribution in [3.05, 3.63) is 109 Å². The number of nitrogens with zero attached hydrogens (tertiary/aromatic N) is 1. The molecule has 0 aliphatic carbocycles. The summed E-state index contributed by atoms with van der Waals surface area (Å²) in [6.45, 7) is 6.91. The van der Waals surface area contributed by atoms with Crippen molar-refractivity contribution in [2.45, 2.75) is 296 Å². The molecule has 0 spiro atoms. The number of carbonyl (C=O) groups is 2. The highest BCUT2D eigenvalue weighted by molar-refractivity contribution is 7.47. The second-order valence-electron chi connectivity index (χ2n) is 23.6. The Morgan fingerprint density at radius 1 is 0.427 bits per heavy atom. The number of unbranched alkanes of at least 4 members (excludes halogenated alkanes) is 28. The van der Waals surface area contributed by atoms with Crippen LogP contribution in [0.5, 0.6) is 0 Å². The van der Waals surface area contributed by atoms with Gasteiger partial charge in [0.25, 0.3) is 0 Å². The minimum absolute atomic E-state index is 0.0250. The van der Waals surface area contributed by atoms with Gasteiger partial charge < -0.3 is 19.4 Å². The molecule has 0 rings (SSSR count). The van der Waals surface area contributed by atoms with Crippen molar-refractivity contribution in [1.82, 2.24) is 5.32 Å². The third-order valence-electron chi connectivity index (χ3n) is 14.4. The highest BCUT2D eigenvalue weighted by atomic mass is 31.2. The van der Waals surface area contributed by atoms with E-state index in [-0.39, 0.29) is 37.9 Å². The third-order valence-corrected chi connectivity index (χ3v) is 15.4. The Balaban J connectivity index is 5.16. The van der Waals surface area contributed by atoms with Gasteiger partial charge in [0.2, 0.25) is 5.91 Å². The molecular formula is C72H128N2O7P+. The van der Waals surface area contributed by atoms with E-state index in [1.54, 1.807) is 0 Å². The van der Waals surface area contributed by atoms with Crippen molar-refractivity contribution in [2.24, 2.45) is 0 Å². The average Bonchev–Trinajstić information content (AvgIpc) is 3.44. The van der Waals surface area contributed by atoms with Crippen LogP contribution in [0.4, 0.5) is 0 Å². The maximum atomic E-state index is 13.5. The van der Waals surface area contributed by atoms with E-state index >= 15 is 0 Å². The zero-order valence-electron chi connectivity index (χ0n) is 54.0. The Morgan fingerprint density at radius 2 is 0.756 bits per heavy atom. The Morgan fingerprint density at radius 3 is 1.16 bits per heavy atom. The van der Waals surface area contributed by atoms with E-state index in [0.717, 1.165) is 89.9 Å². The number of amides is 1. The molecule has 3 unspecified atom stereocenters. The van der Waals surface area contributed by atoms with E-state index in [9.17, 15) is 19.0 Å². The van der Waals surface area contributed by atoms with Crippen molar-refractivity contribution in [2.75, 3.05) is 40.9 Å². The second kappa shape index (κ2) is 60.8. The number of ether oxygens (including phenoxy) is 1. The smallest absolute Gasteiger partial charge is 0.456 e. The lowest BCUT2D eigenvalue weighted by molar-refractivity contribution is -0.870. The lowest BCUT2D eigenvalue weighted by atomic mass is 10.0. The standard InChI is InChI=1S/C72H127N2O7P/c1-7-10-13-16-19-22-25-28-30-32-33-34-35-36-37-38-39-40-41-43-45-47-50-53-56-59-62-65-72(76)81-70(63-60-57-54-51-48-27-24-21-18-15-12-9-3)69(68-80-82(77,78)79-67-66-74(4,5)6)73-71(75)64-61-58-55-52-49-46-44-42-31-29-26-23-20-17-14-11-8-2/h19-20,22-23,28-31,33-34,36-37,44,46,52,55,60,63,69-70H,7-18,21,24-27,32,35,38-43,45,47-51,53-54,56-59,61-62,64-68H2,1-6H3,(H-,73,75,77,78)/p+1/b22-19-,23-20-,30-28-,31-29-,34-33-,37-36-,46-44-,55-52-,63-60-. The first-order valence-electron chi connectivity index (χ1n) is 33.7. The Labute approximate surface area is 506 Å². The molecule has 0 aliphatic rings. The van der Waals surface area contributed by atoms with E-state index in [4.69, 9.17) is 13.8 Å². The highest BCUT2D eigenvalue weighted by Crippen LogP contribution is 2.43. The van der Waals surface area contributed by atoms with E-state index in [0.29, 0.717) is 17.4 Å². The number of hydrogen-bond donors (Lipinski definition) is 2. The maximum Gasteiger partial charge on any atom is 0.472 e. The molecule has 0 aromatic rings. The molecule has 9 nitrogen and oxygen atoms in total. The number of quaternary nitrogens is 1. The van der Waals surface area contributed by atoms with Gasteiger partial charge in [-0.05, 0) is 115 Å². The number of allylic oxidation sites excluding steroid dienone is 17. The number of phosphoric ester groups is 1. The largest absolute Gasteiger partial charge is 0.472 e. The van der Waals surface area contributed by atoms with Crippen LogP contribution in [0.3, 0.4) is 0 Å². The van der Waals surface area contributed by atoms with Gasteiger partial charge >= 0.3 is 13.8 Å². The first-order valence-corrected chi connectivity index (χ1v) is 35.2. The summed E-state index contributed by atoms with van der Waals surface area (Å²) in [4.78, 5) is 37.8. The molecule has 472 valence electrons. The van der Waals surface area contributed by atoms with Gasteiger partial charge in [-0.25, -0.2) is 4.57 Å². The quantitative estimate of drug-likeness (QED) is 0.0205. The molecule has 0 heterocycles. The number of carbonyl (C=O) groups excluding carboxylic acids is 2. The fraction of sp³-hybridized carbons (Fsp3) is 0.722. The summed E-state index contributed by atoms with van der Waals surface area (Å²) < 4.78 is 30.7. The molecule has 0 bridgehead atoms. The molecule has 1 amide bonds. The number of esters is 1. The molecule has 0 radical (unpaired) electrons. The van der Waals surface area contributed by atoms with Gasteiger partial charge in [-0.2, -0.15) is 0 Å². The third kappa shape index (κ3) is 61.2. The molecule has 0 aromatic heterocycles. The summed E-state index contributed by atoms with van der Waals surface area (Å²) in [7, 11) is 1.45. The number of likely N-dealkylation sites (N-methyl/N-ethyl adjacent to an activating group) is 1. The van der Waals surface area contributed by atoms with Crippen molar-refractivity contribution >= 4 is 19.7 Å². The first kappa shape index (κ1) is 78.7. The molecule has 0 fully saturated rings. The Bertz CT molecular complexity index is 1770. The zero-order valence-corrected chi connectivity index (χ0v) is 54.8. The normalized spacial score (nSPS) is 14.3. The predicted octanol–water partition coefficient (Wildman–Crippen LogP) is 21.3. The topological polar surface area (TPSA) is 111 Å². The van der Waals surface area contributed by atoms with Crippen molar-refractivity contribution in [3.8, 4) is 0 Å². The van der Waals surface area contributed by atoms with Gasteiger partial charge in [0.05, 0.1) is 33.8 Å². The molecular weight excluding hydrogens is 1040 g/mol. The van der Waals surface area contributed by atoms with Crippen LogP contribution in [0.2, 0.25) is 0 Å². The number of nitrogens with one attached hydrogen (secondary N) is 1. The lowest BCUT2D eigenvalue weighted by Crippen LogP contribution is -2.47. The Hall–Kier alpha value is -3.33. The number of phosphoric acid groups is 1. The monoisotopic (exact) mass is 1160 g/mol. The second-order valence-corrected chi connectivity index (χ2v) is 25.1. The van der Waals surface area contributed by atoms with E-state index in [1.165, 1.54) is 154 Å². The van der Waals surface area contributed by atoms with Crippen LogP contribution in [0.15, 0.2) is 109 Å². The minimum Gasteiger partial charge on any atom is -0.456 e. The zero-order chi connectivity index (χ0) is 60.0. The summed E-state index contributed by atoms with van der Waals surface area (Å²) in [6.07, 6.45) is 83.9. The lowest BCUT2D eigenvalue weighted by Gasteiger charge is -2.27. The Kier molecular flexibility index (Phi) is 58.3. The summed E-state index contributed by atoms with van der Waals surface area (Å²) in [5.74, 6) is -0.576. The van der Waals surface area contributed by atoms with E-state index in [1.807, 2.05) is 33.3 Å². The SMILES string of the molecule is CCCCC/C=C\C/C=C\C/C=C\C/C=C\CCCCCCCCCCCCCC(=O)OC(/C=C\CCCCCCCCCCCC)C(COP(=O)(O)OCC[N+](C)(C)C)NC(=O)CCC/C=C\C/C=C\C/C=C\C/C=C\CCCCC. The number of hydrogen-bond acceptors (Lipinski definition) is 6. The van der Waals surface area contributed by atoms with Crippen LogP contribution < -0.4 is 5.32 Å². The molecule has 0 aromatic carbocycles. The van der Waals surface area contributed by atoms with E-state index in [2.05, 4.69) is 123 Å². The van der Waals surface area contributed by atoms with Crippen molar-refractivity contribution < 1.29 is 37.3 Å². The molecule has 0 saturated heterocycles. The minimum atomic E-state index is -4.47. The average molecular weight is 1160 g/mol. The molecule has 2 N–H and O–H groups in total. The fourth-order valence-corrected chi connectivity index (χ4v) is 9.95. The molecule has 10 heteroatoms. The summed E-state index contributed by atoms with van der Waals surface area (Å²) in [5, 5.41) is 3.02. The van der Waals surface area contributed by atoms with Gasteiger partial charge in [0.15, 0.2) is 0 Å². The van der Waals surface area contributed by atoms with Crippen LogP contribution >= 0.6 is 7.82 Å². The highest BCUT2D eigenvalue weighted by Gasteiger charge is 2.30. The van der Waals surface area contributed by atoms with Gasteiger partial charge in [-0.1, -0.05) is 265 Å². The molecule has 0 aliphatic heterocycles. The van der Waals surface area contributed by atoms with Gasteiger partial charge in [-0.3, -0.25) is 18.6 Å². The van der Waals surface area contributed by atoms with Crippen LogP contribution in [-0.2, 0) is 27.9 Å². The molecule has 0 saturated carbocycles. The first-order chi connectivity index (χ1) is 39.9. The van der Waals surface area contributed by atoms with Crippen LogP contribution in [-0.4, -0.2) is 74.3 Å². The number of rotatable bonds is 60.